The third kappa shape index (κ3) is 11.2. The fraction of sp³-hybridized carbons (Fsp3) is 0.300. The molecule has 7 nitrogen and oxygen atoms in total. The number of nitrogens with one attached hydrogen (secondary N) is 1. The Kier molecular flexibility index (Phi) is 16.1. The van der Waals surface area contributed by atoms with Crippen molar-refractivity contribution in [1.29, 1.82) is 0 Å². The van der Waals surface area contributed by atoms with Crippen LogP contribution in [0, 0.1) is 33.6 Å². The van der Waals surface area contributed by atoms with Crippen LogP contribution in [0.2, 0.25) is 0 Å². The molecule has 50 heavy (non-hydrogen) atoms. The second kappa shape index (κ2) is 19.7. The molecular formula is C40H48Br2N6OS. The molecule has 0 bridgehead atoms. The number of aromatic nitrogens is 3. The number of rotatable bonds is 7. The van der Waals surface area contributed by atoms with E-state index in [0.29, 0.717) is 5.92 Å². The van der Waals surface area contributed by atoms with Gasteiger partial charge in [0, 0.05) is 31.9 Å². The fourth-order valence-electron chi connectivity index (χ4n) is 5.05. The Bertz CT molecular complexity index is 1880. The minimum atomic E-state index is -0.125. The number of para-hydroxylation sites is 2. The molecule has 0 atom stereocenters. The van der Waals surface area contributed by atoms with E-state index in [2.05, 4.69) is 162 Å². The number of nitrogens with zero attached hydrogens (tertiary/aromatic N) is 4. The van der Waals surface area contributed by atoms with E-state index in [1.807, 2.05) is 23.6 Å². The molecule has 0 saturated heterocycles. The van der Waals surface area contributed by atoms with Crippen molar-refractivity contribution in [3.05, 3.63) is 128 Å². The van der Waals surface area contributed by atoms with Gasteiger partial charge in [-0.05, 0) is 80.0 Å². The predicted molar refractivity (Wildman–Crippen MR) is 220 cm³/mol. The van der Waals surface area contributed by atoms with Gasteiger partial charge in [0.1, 0.15) is 10.9 Å². The van der Waals surface area contributed by atoms with Crippen LogP contribution in [0.3, 0.4) is 0 Å². The zero-order valence-corrected chi connectivity index (χ0v) is 34.4. The average molecular weight is 821 g/mol. The van der Waals surface area contributed by atoms with Gasteiger partial charge in [0.25, 0.3) is 0 Å². The summed E-state index contributed by atoms with van der Waals surface area (Å²) in [6.07, 6.45) is 0. The average Bonchev–Trinajstić information content (AvgIpc) is 3.51. The van der Waals surface area contributed by atoms with Gasteiger partial charge in [-0.15, -0.1) is 22.0 Å². The van der Waals surface area contributed by atoms with E-state index in [0.717, 1.165) is 48.2 Å². The number of thioether (sulfide) groups is 1. The zero-order valence-electron chi connectivity index (χ0n) is 30.4. The lowest BCUT2D eigenvalue weighted by molar-refractivity contribution is -0.124. The number of halogens is 2. The largest absolute Gasteiger partial charge is 0.294 e. The highest BCUT2D eigenvalue weighted by Crippen LogP contribution is 2.31. The molecule has 0 aliphatic heterocycles. The number of hydrogen-bond donors (Lipinski definition) is 2. The maximum Gasteiger partial charge on any atom is 0.236 e. The van der Waals surface area contributed by atoms with Crippen LogP contribution >= 0.6 is 43.6 Å². The van der Waals surface area contributed by atoms with Crippen molar-refractivity contribution in [2.24, 2.45) is 16.8 Å². The van der Waals surface area contributed by atoms with Crippen LogP contribution in [0.15, 0.2) is 98.9 Å². The molecule has 0 radical (unpaired) electrons. The summed E-state index contributed by atoms with van der Waals surface area (Å²) in [5, 5.41) is 10.1. The molecule has 5 rings (SSSR count). The van der Waals surface area contributed by atoms with Crippen LogP contribution in [0.1, 0.15) is 74.2 Å². The third-order valence-corrected chi connectivity index (χ3v) is 9.50. The number of nitrogens with two attached hydrogens (primary N) is 1. The summed E-state index contributed by atoms with van der Waals surface area (Å²) in [6.45, 7) is 18.5. The van der Waals surface area contributed by atoms with Gasteiger partial charge in [0.05, 0.1) is 11.4 Å². The van der Waals surface area contributed by atoms with E-state index >= 15 is 0 Å². The predicted octanol–water partition coefficient (Wildman–Crippen LogP) is 11.0. The Morgan fingerprint density at radius 2 is 1.36 bits per heavy atom. The van der Waals surface area contributed by atoms with E-state index in [1.54, 1.807) is 25.6 Å². The number of benzene rings is 4. The second-order valence-corrected chi connectivity index (χ2v) is 15.5. The van der Waals surface area contributed by atoms with Crippen LogP contribution in [-0.4, -0.2) is 31.5 Å². The van der Waals surface area contributed by atoms with E-state index in [9.17, 15) is 4.79 Å². The van der Waals surface area contributed by atoms with Gasteiger partial charge in [-0.2, -0.15) is 0 Å². The molecular weight excluding hydrogens is 772 g/mol. The van der Waals surface area contributed by atoms with Gasteiger partial charge in [-0.25, -0.2) is 10.8 Å². The lowest BCUT2D eigenvalue weighted by Gasteiger charge is -2.17. The highest BCUT2D eigenvalue weighted by molar-refractivity contribution is 9.10. The minimum Gasteiger partial charge on any atom is -0.294 e. The van der Waals surface area contributed by atoms with Crippen LogP contribution in [0.25, 0.3) is 17.1 Å². The monoisotopic (exact) mass is 818 g/mol. The number of carbonyl (C=O) groups excluding carboxylic acids is 1. The van der Waals surface area contributed by atoms with Crippen LogP contribution in [0.4, 0.5) is 5.69 Å². The highest BCUT2D eigenvalue weighted by Gasteiger charge is 2.20. The summed E-state index contributed by atoms with van der Waals surface area (Å²) >= 11 is 8.86. The molecule has 1 amide bonds. The van der Waals surface area contributed by atoms with Crippen LogP contribution < -0.4 is 11.3 Å². The smallest absolute Gasteiger partial charge is 0.236 e. The topological polar surface area (TPSA) is 98.2 Å². The first-order valence-electron chi connectivity index (χ1n) is 16.6. The highest BCUT2D eigenvalue weighted by atomic mass is 79.9. The number of amides is 1. The lowest BCUT2D eigenvalue weighted by Crippen LogP contribution is -2.33. The Morgan fingerprint density at radius 3 is 1.84 bits per heavy atom. The van der Waals surface area contributed by atoms with Gasteiger partial charge in [-0.3, -0.25) is 14.8 Å². The molecule has 3 N–H and O–H groups in total. The fourth-order valence-corrected chi connectivity index (χ4v) is 6.57. The first-order chi connectivity index (χ1) is 23.8. The second-order valence-electron chi connectivity index (χ2n) is 12.4. The van der Waals surface area contributed by atoms with Crippen molar-refractivity contribution in [2.75, 3.05) is 5.75 Å². The zero-order chi connectivity index (χ0) is 37.0. The van der Waals surface area contributed by atoms with Crippen LogP contribution in [-0.2, 0) is 4.79 Å². The molecule has 4 aromatic carbocycles. The van der Waals surface area contributed by atoms with E-state index < -0.39 is 0 Å². The van der Waals surface area contributed by atoms with Gasteiger partial charge in [0.15, 0.2) is 5.82 Å². The lowest BCUT2D eigenvalue weighted by atomic mass is 10.1. The normalized spacial score (nSPS) is 11.1. The van der Waals surface area contributed by atoms with E-state index in [4.69, 9.17) is 10.8 Å². The van der Waals surface area contributed by atoms with Crippen molar-refractivity contribution < 1.29 is 4.79 Å². The summed E-state index contributed by atoms with van der Waals surface area (Å²) in [4.78, 5) is 15.2. The standard InChI is InChI=1S/C19H20BrN3.C17H18BrNS.C4H10N2O/c1-12(2)18-21-22-19(15-9-6-10-16(20)11-15)23(18)17-13(3)7-5-8-14(17)4;1-4-20-17(14-9-6-10-15(18)11-14)19-16-12(2)7-5-8-13(16)3;1-3(2)4(7)6-5/h5-12H,1-4H3;5-11H,4H2,1-3H3;3H,5H2,1-2H3,(H,6,7). The first kappa shape index (κ1) is 40.9. The number of hydrogen-bond acceptors (Lipinski definition) is 6. The molecule has 10 heteroatoms. The SMILES string of the molecule is CC(C)C(=O)NN.CCSC(=Nc1c(C)cccc1C)c1cccc(Br)c1.Cc1cccc(C)c1-n1c(-c2cccc(Br)c2)nnc1C(C)C. The Labute approximate surface area is 318 Å². The molecule has 0 spiro atoms. The minimum absolute atomic E-state index is 0.00926. The van der Waals surface area contributed by atoms with Gasteiger partial charge in [-0.1, -0.05) is 127 Å². The number of carbonyl (C=O) groups is 1. The molecule has 0 fully saturated rings. The van der Waals surface area contributed by atoms with Gasteiger partial charge in [0.2, 0.25) is 5.91 Å². The summed E-state index contributed by atoms with van der Waals surface area (Å²) in [5.41, 5.74) is 11.4. The molecule has 0 aliphatic carbocycles. The Morgan fingerprint density at radius 1 is 0.820 bits per heavy atom. The summed E-state index contributed by atoms with van der Waals surface area (Å²) in [5.74, 6) is 7.81. The van der Waals surface area contributed by atoms with Crippen molar-refractivity contribution in [2.45, 2.75) is 68.2 Å². The van der Waals surface area contributed by atoms with Crippen molar-refractivity contribution in [3.63, 3.8) is 0 Å². The Hall–Kier alpha value is -3.57. The quantitative estimate of drug-likeness (QED) is 0.0560. The molecule has 0 unspecified atom stereocenters. The summed E-state index contributed by atoms with van der Waals surface area (Å²) in [6, 6.07) is 29.2. The van der Waals surface area contributed by atoms with Gasteiger partial charge < -0.3 is 0 Å². The maximum atomic E-state index is 10.3. The van der Waals surface area contributed by atoms with Gasteiger partial charge >= 0.3 is 0 Å². The van der Waals surface area contributed by atoms with Crippen LogP contribution in [0.5, 0.6) is 0 Å². The van der Waals surface area contributed by atoms with E-state index in [1.165, 1.54) is 27.9 Å². The van der Waals surface area contributed by atoms with Crippen molar-refractivity contribution >= 4 is 60.3 Å². The summed E-state index contributed by atoms with van der Waals surface area (Å²) < 4.78 is 4.33. The number of aryl methyl sites for hydroxylation is 4. The molecule has 0 saturated carbocycles. The summed E-state index contributed by atoms with van der Waals surface area (Å²) in [7, 11) is 0. The first-order valence-corrected chi connectivity index (χ1v) is 19.2. The molecule has 0 aliphatic rings. The molecule has 5 aromatic rings. The number of hydrazine groups is 1. The van der Waals surface area contributed by atoms with E-state index in [-0.39, 0.29) is 11.8 Å². The molecule has 1 aromatic heterocycles. The molecule has 1 heterocycles. The number of aliphatic imine (C=N–C) groups is 1. The van der Waals surface area contributed by atoms with Crippen molar-refractivity contribution in [3.8, 4) is 17.1 Å². The van der Waals surface area contributed by atoms with Crippen molar-refractivity contribution in [1.82, 2.24) is 20.2 Å². The maximum absolute atomic E-state index is 10.3. The third-order valence-electron chi connectivity index (χ3n) is 7.62. The Balaban J connectivity index is 0.000000230. The molecule has 264 valence electrons.